The number of carbonyl (C=O) groups excluding carboxylic acids is 1. The molecule has 0 radical (unpaired) electrons. The number of thiazole rings is 1. The summed E-state index contributed by atoms with van der Waals surface area (Å²) in [4.78, 5) is 20.8. The monoisotopic (exact) mass is 349 g/mol. The van der Waals surface area contributed by atoms with Crippen molar-refractivity contribution in [2.45, 2.75) is 12.8 Å². The first kappa shape index (κ1) is 15.5. The molecule has 0 spiro atoms. The zero-order chi connectivity index (χ0) is 17.1. The molecular formula is C18H15N5OS. The molecule has 1 amide bonds. The fourth-order valence-corrected chi connectivity index (χ4v) is 3.39. The minimum Gasteiger partial charge on any atom is -0.326 e. The number of benzene rings is 1. The minimum atomic E-state index is -0.0303. The average molecular weight is 349 g/mol. The van der Waals surface area contributed by atoms with Crippen LogP contribution in [0.25, 0.3) is 21.5 Å². The Bertz CT molecular complexity index is 1010. The van der Waals surface area contributed by atoms with Crippen molar-refractivity contribution in [1.29, 1.82) is 0 Å². The van der Waals surface area contributed by atoms with E-state index in [2.05, 4.69) is 25.5 Å². The quantitative estimate of drug-likeness (QED) is 0.576. The second-order valence-electron chi connectivity index (χ2n) is 5.60. The maximum atomic E-state index is 12.2. The number of fused-ring (bicyclic) bond motifs is 1. The highest BCUT2D eigenvalue weighted by molar-refractivity contribution is 7.13. The van der Waals surface area contributed by atoms with E-state index in [4.69, 9.17) is 0 Å². The Kier molecular flexibility index (Phi) is 4.22. The standard InChI is InChI=1S/C18H15N5OS/c24-17(21-14-2-1-13-10-20-23-16(13)9-14)4-3-15-11-25-18(22-15)12-5-7-19-8-6-12/h1-2,5-11H,3-4H2,(H,20,23)(H,21,24). The van der Waals surface area contributed by atoms with Crippen molar-refractivity contribution in [2.75, 3.05) is 5.32 Å². The zero-order valence-electron chi connectivity index (χ0n) is 13.3. The number of nitrogens with zero attached hydrogens (tertiary/aromatic N) is 3. The third-order valence-corrected chi connectivity index (χ3v) is 4.75. The molecule has 7 heteroatoms. The smallest absolute Gasteiger partial charge is 0.224 e. The van der Waals surface area contributed by atoms with Crippen LogP contribution in [0.2, 0.25) is 0 Å². The summed E-state index contributed by atoms with van der Waals surface area (Å²) in [6.07, 6.45) is 6.25. The average Bonchev–Trinajstić information content (AvgIpc) is 3.30. The predicted octanol–water partition coefficient (Wildman–Crippen LogP) is 3.65. The van der Waals surface area contributed by atoms with Gasteiger partial charge in [-0.25, -0.2) is 4.98 Å². The van der Waals surface area contributed by atoms with Crippen LogP contribution in [0.1, 0.15) is 12.1 Å². The molecule has 0 saturated heterocycles. The Morgan fingerprint density at radius 3 is 2.96 bits per heavy atom. The van der Waals surface area contributed by atoms with E-state index in [0.29, 0.717) is 12.8 Å². The minimum absolute atomic E-state index is 0.0303. The van der Waals surface area contributed by atoms with E-state index in [-0.39, 0.29) is 5.91 Å². The third-order valence-electron chi connectivity index (χ3n) is 3.81. The first-order valence-corrected chi connectivity index (χ1v) is 8.74. The van der Waals surface area contributed by atoms with Gasteiger partial charge < -0.3 is 5.32 Å². The number of aryl methyl sites for hydroxylation is 1. The fraction of sp³-hybridized carbons (Fsp3) is 0.111. The lowest BCUT2D eigenvalue weighted by atomic mass is 10.2. The van der Waals surface area contributed by atoms with Gasteiger partial charge in [0.05, 0.1) is 17.4 Å². The van der Waals surface area contributed by atoms with Crippen molar-refractivity contribution in [3.63, 3.8) is 0 Å². The van der Waals surface area contributed by atoms with Gasteiger partial charge in [-0.2, -0.15) is 5.10 Å². The highest BCUT2D eigenvalue weighted by Crippen LogP contribution is 2.23. The van der Waals surface area contributed by atoms with E-state index in [0.717, 1.165) is 32.9 Å². The first-order chi connectivity index (χ1) is 12.3. The molecule has 0 saturated carbocycles. The van der Waals surface area contributed by atoms with Crippen molar-refractivity contribution in [3.8, 4) is 10.6 Å². The van der Waals surface area contributed by atoms with Gasteiger partial charge in [0.1, 0.15) is 5.01 Å². The van der Waals surface area contributed by atoms with E-state index in [1.807, 2.05) is 35.7 Å². The van der Waals surface area contributed by atoms with Gasteiger partial charge in [0.15, 0.2) is 0 Å². The summed E-state index contributed by atoms with van der Waals surface area (Å²) in [6.45, 7) is 0. The summed E-state index contributed by atoms with van der Waals surface area (Å²) >= 11 is 1.58. The SMILES string of the molecule is O=C(CCc1csc(-c2ccncc2)n1)Nc1ccc2cn[nH]c2c1. The maximum Gasteiger partial charge on any atom is 0.224 e. The summed E-state index contributed by atoms with van der Waals surface area (Å²) < 4.78 is 0. The van der Waals surface area contributed by atoms with Gasteiger partial charge >= 0.3 is 0 Å². The molecular weight excluding hydrogens is 334 g/mol. The first-order valence-electron chi connectivity index (χ1n) is 7.86. The molecule has 25 heavy (non-hydrogen) atoms. The van der Waals surface area contributed by atoms with E-state index in [9.17, 15) is 4.79 Å². The number of carbonyl (C=O) groups is 1. The van der Waals surface area contributed by atoms with Crippen LogP contribution in [0.3, 0.4) is 0 Å². The molecule has 4 aromatic rings. The largest absolute Gasteiger partial charge is 0.326 e. The van der Waals surface area contributed by atoms with Crippen LogP contribution in [-0.2, 0) is 11.2 Å². The molecule has 2 N–H and O–H groups in total. The molecule has 0 fully saturated rings. The Morgan fingerprint density at radius 2 is 2.08 bits per heavy atom. The van der Waals surface area contributed by atoms with E-state index < -0.39 is 0 Å². The second kappa shape index (κ2) is 6.82. The van der Waals surface area contributed by atoms with Gasteiger partial charge in [0.2, 0.25) is 5.91 Å². The zero-order valence-corrected chi connectivity index (χ0v) is 14.1. The van der Waals surface area contributed by atoms with Crippen LogP contribution in [-0.4, -0.2) is 26.1 Å². The number of amides is 1. The van der Waals surface area contributed by atoms with Crippen LogP contribution >= 0.6 is 11.3 Å². The van der Waals surface area contributed by atoms with Gasteiger partial charge in [-0.1, -0.05) is 0 Å². The molecule has 0 aliphatic carbocycles. The van der Waals surface area contributed by atoms with Crippen molar-refractivity contribution >= 4 is 33.8 Å². The van der Waals surface area contributed by atoms with Crippen LogP contribution in [0.5, 0.6) is 0 Å². The molecule has 1 aromatic carbocycles. The number of pyridine rings is 1. The van der Waals surface area contributed by atoms with Crippen molar-refractivity contribution in [3.05, 3.63) is 60.0 Å². The van der Waals surface area contributed by atoms with Crippen LogP contribution in [0.15, 0.2) is 54.3 Å². The van der Waals surface area contributed by atoms with Crippen LogP contribution < -0.4 is 5.32 Å². The Hall–Kier alpha value is -3.06. The van der Waals surface area contributed by atoms with Gasteiger partial charge in [-0.3, -0.25) is 14.9 Å². The number of hydrogen-bond acceptors (Lipinski definition) is 5. The Morgan fingerprint density at radius 1 is 1.20 bits per heavy atom. The summed E-state index contributed by atoms with van der Waals surface area (Å²) in [7, 11) is 0. The van der Waals surface area contributed by atoms with Crippen LogP contribution in [0.4, 0.5) is 5.69 Å². The lowest BCUT2D eigenvalue weighted by molar-refractivity contribution is -0.116. The van der Waals surface area contributed by atoms with Crippen molar-refractivity contribution in [2.24, 2.45) is 0 Å². The summed E-state index contributed by atoms with van der Waals surface area (Å²) in [6, 6.07) is 9.54. The van der Waals surface area contributed by atoms with Gasteiger partial charge in [-0.15, -0.1) is 11.3 Å². The Labute approximate surface area is 148 Å². The number of anilines is 1. The number of aromatic amines is 1. The molecule has 3 aromatic heterocycles. The number of hydrogen-bond donors (Lipinski definition) is 2. The number of rotatable bonds is 5. The number of aromatic nitrogens is 4. The summed E-state index contributed by atoms with van der Waals surface area (Å²) in [5, 5.41) is 13.7. The molecule has 0 bridgehead atoms. The molecule has 6 nitrogen and oxygen atoms in total. The van der Waals surface area contributed by atoms with E-state index >= 15 is 0 Å². The number of nitrogens with one attached hydrogen (secondary N) is 2. The predicted molar refractivity (Wildman–Crippen MR) is 98.4 cm³/mol. The molecule has 0 aliphatic heterocycles. The third kappa shape index (κ3) is 3.56. The normalized spacial score (nSPS) is 10.9. The van der Waals surface area contributed by atoms with E-state index in [1.54, 1.807) is 29.9 Å². The molecule has 4 rings (SSSR count). The molecule has 3 heterocycles. The lowest BCUT2D eigenvalue weighted by Gasteiger charge is -2.04. The fourth-order valence-electron chi connectivity index (χ4n) is 2.53. The second-order valence-corrected chi connectivity index (χ2v) is 6.46. The summed E-state index contributed by atoms with van der Waals surface area (Å²) in [5.74, 6) is -0.0303. The lowest BCUT2D eigenvalue weighted by Crippen LogP contribution is -2.12. The topological polar surface area (TPSA) is 83.6 Å². The van der Waals surface area contributed by atoms with Crippen molar-refractivity contribution in [1.82, 2.24) is 20.2 Å². The maximum absolute atomic E-state index is 12.2. The molecule has 0 aliphatic rings. The van der Waals surface area contributed by atoms with Crippen LogP contribution in [0, 0.1) is 0 Å². The summed E-state index contributed by atoms with van der Waals surface area (Å²) in [5.41, 5.74) is 3.64. The molecule has 0 atom stereocenters. The Balaban J connectivity index is 1.36. The molecule has 0 unspecified atom stereocenters. The highest BCUT2D eigenvalue weighted by Gasteiger charge is 2.08. The van der Waals surface area contributed by atoms with Gasteiger partial charge in [0, 0.05) is 40.8 Å². The molecule has 124 valence electrons. The van der Waals surface area contributed by atoms with Crippen molar-refractivity contribution < 1.29 is 4.79 Å². The van der Waals surface area contributed by atoms with Gasteiger partial charge in [-0.05, 0) is 36.8 Å². The van der Waals surface area contributed by atoms with Gasteiger partial charge in [0.25, 0.3) is 0 Å². The van der Waals surface area contributed by atoms with E-state index in [1.165, 1.54) is 0 Å². The number of H-pyrrole nitrogens is 1. The highest BCUT2D eigenvalue weighted by atomic mass is 32.1.